The number of carbonyl (C=O) groups is 1. The fourth-order valence-corrected chi connectivity index (χ4v) is 1.65. The first-order valence-electron chi connectivity index (χ1n) is 4.45. The van der Waals surface area contributed by atoms with E-state index in [1.165, 1.54) is 6.92 Å². The molecule has 0 amide bonds. The minimum absolute atomic E-state index is 0.272. The lowest BCUT2D eigenvalue weighted by atomic mass is 9.86. The summed E-state index contributed by atoms with van der Waals surface area (Å²) >= 11 is 0. The molecule has 0 spiro atoms. The van der Waals surface area contributed by atoms with Crippen LogP contribution in [0, 0.1) is 5.92 Å². The van der Waals surface area contributed by atoms with Crippen molar-refractivity contribution in [3.05, 3.63) is 0 Å². The molecule has 0 aromatic carbocycles. The molecule has 1 N–H and O–H groups in total. The number of rotatable bonds is 1. The van der Waals surface area contributed by atoms with Crippen LogP contribution in [0.5, 0.6) is 0 Å². The molecule has 1 aliphatic carbocycles. The zero-order valence-corrected chi connectivity index (χ0v) is 7.62. The highest BCUT2D eigenvalue weighted by molar-refractivity contribution is 5.66. The molecule has 0 aromatic rings. The largest absolute Gasteiger partial charge is 0.460 e. The second kappa shape index (κ2) is 3.90. The van der Waals surface area contributed by atoms with E-state index in [9.17, 15) is 9.90 Å². The molecule has 3 unspecified atom stereocenters. The van der Waals surface area contributed by atoms with Crippen molar-refractivity contribution in [2.45, 2.75) is 45.3 Å². The summed E-state index contributed by atoms with van der Waals surface area (Å²) in [7, 11) is 0. The van der Waals surface area contributed by atoms with Gasteiger partial charge < -0.3 is 9.84 Å². The highest BCUT2D eigenvalue weighted by Crippen LogP contribution is 2.26. The number of carbonyl (C=O) groups excluding carboxylic acids is 1. The van der Waals surface area contributed by atoms with E-state index in [0.717, 1.165) is 19.3 Å². The molecule has 0 bridgehead atoms. The van der Waals surface area contributed by atoms with Crippen molar-refractivity contribution in [1.82, 2.24) is 0 Å². The zero-order valence-electron chi connectivity index (χ0n) is 7.62. The van der Waals surface area contributed by atoms with E-state index in [2.05, 4.69) is 6.92 Å². The minimum Gasteiger partial charge on any atom is -0.460 e. The van der Waals surface area contributed by atoms with Gasteiger partial charge in [-0.05, 0) is 25.2 Å². The van der Waals surface area contributed by atoms with Crippen molar-refractivity contribution < 1.29 is 14.6 Å². The Morgan fingerprint density at radius 3 is 2.75 bits per heavy atom. The molecule has 1 rings (SSSR count). The first-order chi connectivity index (χ1) is 5.59. The molecule has 1 fully saturated rings. The Labute approximate surface area is 72.7 Å². The summed E-state index contributed by atoms with van der Waals surface area (Å²) in [5.41, 5.74) is 0. The van der Waals surface area contributed by atoms with Gasteiger partial charge in [0.15, 0.2) is 0 Å². The van der Waals surface area contributed by atoms with Gasteiger partial charge in [0, 0.05) is 6.92 Å². The molecule has 0 aliphatic heterocycles. The normalized spacial score (nSPS) is 36.1. The molecule has 70 valence electrons. The average molecular weight is 172 g/mol. The smallest absolute Gasteiger partial charge is 0.302 e. The third-order valence-corrected chi connectivity index (χ3v) is 2.34. The number of aliphatic hydroxyl groups is 1. The van der Waals surface area contributed by atoms with E-state index >= 15 is 0 Å². The van der Waals surface area contributed by atoms with E-state index < -0.39 is 6.10 Å². The maximum atomic E-state index is 10.6. The summed E-state index contributed by atoms with van der Waals surface area (Å²) in [6, 6.07) is 0. The minimum atomic E-state index is -0.454. The Morgan fingerprint density at radius 1 is 1.50 bits per heavy atom. The van der Waals surface area contributed by atoms with Gasteiger partial charge in [-0.2, -0.15) is 0 Å². The van der Waals surface area contributed by atoms with Crippen molar-refractivity contribution in [2.75, 3.05) is 0 Å². The summed E-state index contributed by atoms with van der Waals surface area (Å²) in [5.74, 6) is 0.255. The van der Waals surface area contributed by atoms with Crippen LogP contribution in [0.15, 0.2) is 0 Å². The monoisotopic (exact) mass is 172 g/mol. The summed E-state index contributed by atoms with van der Waals surface area (Å²) in [6.45, 7) is 3.49. The second-order valence-corrected chi connectivity index (χ2v) is 3.63. The molecular weight excluding hydrogens is 156 g/mol. The van der Waals surface area contributed by atoms with Crippen molar-refractivity contribution >= 4 is 5.97 Å². The molecule has 1 aliphatic rings. The van der Waals surface area contributed by atoms with Crippen LogP contribution in [0.4, 0.5) is 0 Å². The van der Waals surface area contributed by atoms with Crippen LogP contribution in [-0.4, -0.2) is 23.3 Å². The summed E-state index contributed by atoms with van der Waals surface area (Å²) < 4.78 is 4.98. The third kappa shape index (κ3) is 2.48. The van der Waals surface area contributed by atoms with E-state index in [0.29, 0.717) is 5.92 Å². The number of aliphatic hydroxyl groups excluding tert-OH is 1. The van der Waals surface area contributed by atoms with Crippen LogP contribution < -0.4 is 0 Å². The van der Waals surface area contributed by atoms with Crippen molar-refractivity contribution in [2.24, 2.45) is 5.92 Å². The molecule has 12 heavy (non-hydrogen) atoms. The summed E-state index contributed by atoms with van der Waals surface area (Å²) in [5, 5.41) is 9.46. The molecule has 0 heterocycles. The fourth-order valence-electron chi connectivity index (χ4n) is 1.65. The maximum absolute atomic E-state index is 10.6. The van der Waals surface area contributed by atoms with Gasteiger partial charge in [-0.25, -0.2) is 0 Å². The molecule has 3 heteroatoms. The van der Waals surface area contributed by atoms with Gasteiger partial charge in [0.25, 0.3) is 0 Å². The molecule has 3 nitrogen and oxygen atoms in total. The van der Waals surface area contributed by atoms with Crippen molar-refractivity contribution in [3.8, 4) is 0 Å². The SMILES string of the molecule is CC(=O)OC1CC(C)CCC1O. The van der Waals surface area contributed by atoms with E-state index in [4.69, 9.17) is 4.74 Å². The van der Waals surface area contributed by atoms with Gasteiger partial charge in [-0.1, -0.05) is 6.92 Å². The fraction of sp³-hybridized carbons (Fsp3) is 0.889. The molecule has 0 aromatic heterocycles. The first-order valence-corrected chi connectivity index (χ1v) is 4.45. The Bertz CT molecular complexity index is 167. The maximum Gasteiger partial charge on any atom is 0.302 e. The molecule has 3 atom stereocenters. The first kappa shape index (κ1) is 9.52. The Kier molecular flexibility index (Phi) is 3.09. The highest BCUT2D eigenvalue weighted by atomic mass is 16.6. The van der Waals surface area contributed by atoms with Gasteiger partial charge in [-0.3, -0.25) is 4.79 Å². The third-order valence-electron chi connectivity index (χ3n) is 2.34. The molecular formula is C9H16O3. The van der Waals surface area contributed by atoms with Crippen LogP contribution in [0.1, 0.15) is 33.1 Å². The Hall–Kier alpha value is -0.570. The quantitative estimate of drug-likeness (QED) is 0.602. The Morgan fingerprint density at radius 2 is 2.17 bits per heavy atom. The molecule has 1 saturated carbocycles. The van der Waals surface area contributed by atoms with Crippen LogP contribution in [0.25, 0.3) is 0 Å². The number of ether oxygens (including phenoxy) is 1. The number of hydrogen-bond donors (Lipinski definition) is 1. The van der Waals surface area contributed by atoms with Gasteiger partial charge in [-0.15, -0.1) is 0 Å². The highest BCUT2D eigenvalue weighted by Gasteiger charge is 2.28. The predicted molar refractivity (Wildman–Crippen MR) is 44.6 cm³/mol. The van der Waals surface area contributed by atoms with Gasteiger partial charge >= 0.3 is 5.97 Å². The van der Waals surface area contributed by atoms with Gasteiger partial charge in [0.05, 0.1) is 6.10 Å². The van der Waals surface area contributed by atoms with Crippen LogP contribution in [-0.2, 0) is 9.53 Å². The summed E-state index contributed by atoms with van der Waals surface area (Å²) in [6.07, 6.45) is 1.84. The molecule has 0 radical (unpaired) electrons. The Balaban J connectivity index is 2.43. The lowest BCUT2D eigenvalue weighted by molar-refractivity contribution is -0.156. The van der Waals surface area contributed by atoms with Crippen LogP contribution in [0.2, 0.25) is 0 Å². The topological polar surface area (TPSA) is 46.5 Å². The standard InChI is InChI=1S/C9H16O3/c1-6-3-4-8(11)9(5-6)12-7(2)10/h6,8-9,11H,3-5H2,1-2H3. The summed E-state index contributed by atoms with van der Waals surface area (Å²) in [4.78, 5) is 10.6. The van der Waals surface area contributed by atoms with Crippen molar-refractivity contribution in [3.63, 3.8) is 0 Å². The predicted octanol–water partition coefficient (Wildman–Crippen LogP) is 1.10. The second-order valence-electron chi connectivity index (χ2n) is 3.63. The van der Waals surface area contributed by atoms with Crippen LogP contribution >= 0.6 is 0 Å². The van der Waals surface area contributed by atoms with Gasteiger partial charge in [0.2, 0.25) is 0 Å². The number of esters is 1. The number of hydrogen-bond acceptors (Lipinski definition) is 3. The van der Waals surface area contributed by atoms with Crippen LogP contribution in [0.3, 0.4) is 0 Å². The van der Waals surface area contributed by atoms with E-state index in [1.54, 1.807) is 0 Å². The lowest BCUT2D eigenvalue weighted by Gasteiger charge is -2.30. The average Bonchev–Trinajstić information content (AvgIpc) is 1.96. The van der Waals surface area contributed by atoms with E-state index in [-0.39, 0.29) is 12.1 Å². The van der Waals surface area contributed by atoms with Crippen molar-refractivity contribution in [1.29, 1.82) is 0 Å². The van der Waals surface area contributed by atoms with E-state index in [1.807, 2.05) is 0 Å². The zero-order chi connectivity index (χ0) is 9.14. The van der Waals surface area contributed by atoms with Gasteiger partial charge in [0.1, 0.15) is 6.10 Å². The molecule has 0 saturated heterocycles. The lowest BCUT2D eigenvalue weighted by Crippen LogP contribution is -2.36.